The Morgan fingerprint density at radius 2 is 1.85 bits per heavy atom. The molecular weight excluding hydrogens is 525 g/mol. The topological polar surface area (TPSA) is 112 Å². The molecule has 0 aliphatic rings. The standard InChI is InChI=1S/C30H20FN7OS/c1-16-7-8-25(40-16)28-27-23(9-10-33-28)35-29(36-27)26-21-12-20(22(31)13-24(21)37-38-26)18-11-19(15-32-14-18)34-30(39)17-5-3-2-4-6-17/h2-15H,1H3,(H,34,39)(H,35,36)(H,37,38). The summed E-state index contributed by atoms with van der Waals surface area (Å²) >= 11 is 1.66. The van der Waals surface area contributed by atoms with E-state index < -0.39 is 5.82 Å². The zero-order chi connectivity index (χ0) is 27.2. The molecule has 5 heterocycles. The lowest BCUT2D eigenvalue weighted by Gasteiger charge is -2.08. The molecule has 40 heavy (non-hydrogen) atoms. The summed E-state index contributed by atoms with van der Waals surface area (Å²) in [6, 6.07) is 19.7. The highest BCUT2D eigenvalue weighted by atomic mass is 32.1. The first-order chi connectivity index (χ1) is 19.5. The lowest BCUT2D eigenvalue weighted by molar-refractivity contribution is 0.102. The number of H-pyrrole nitrogens is 2. The van der Waals surface area contributed by atoms with Gasteiger partial charge in [-0.2, -0.15) is 5.10 Å². The van der Waals surface area contributed by atoms with E-state index in [-0.39, 0.29) is 5.91 Å². The van der Waals surface area contributed by atoms with E-state index in [2.05, 4.69) is 43.5 Å². The quantitative estimate of drug-likeness (QED) is 0.216. The number of aromatic nitrogens is 6. The van der Waals surface area contributed by atoms with E-state index >= 15 is 4.39 Å². The Balaban J connectivity index is 1.28. The number of anilines is 1. The van der Waals surface area contributed by atoms with Gasteiger partial charge in [-0.25, -0.2) is 9.37 Å². The molecule has 0 saturated carbocycles. The fourth-order valence-electron chi connectivity index (χ4n) is 4.68. The largest absolute Gasteiger partial charge is 0.336 e. The van der Waals surface area contributed by atoms with Crippen molar-refractivity contribution >= 4 is 44.9 Å². The molecule has 0 aliphatic carbocycles. The summed E-state index contributed by atoms with van der Waals surface area (Å²) < 4.78 is 15.3. The fraction of sp³-hybridized carbons (Fsp3) is 0.0333. The number of aryl methyl sites for hydroxylation is 1. The third-order valence-corrected chi connectivity index (χ3v) is 7.60. The number of hydrogen-bond donors (Lipinski definition) is 3. The van der Waals surface area contributed by atoms with Gasteiger partial charge >= 0.3 is 0 Å². The van der Waals surface area contributed by atoms with Crippen molar-refractivity contribution in [2.24, 2.45) is 0 Å². The highest BCUT2D eigenvalue weighted by molar-refractivity contribution is 7.15. The number of fused-ring (bicyclic) bond motifs is 2. The number of benzene rings is 2. The van der Waals surface area contributed by atoms with Gasteiger partial charge in [0.1, 0.15) is 22.7 Å². The van der Waals surface area contributed by atoms with Gasteiger partial charge in [-0.3, -0.25) is 19.9 Å². The number of carbonyl (C=O) groups excluding carboxylic acids is 1. The Bertz CT molecular complexity index is 2040. The number of halogens is 1. The van der Waals surface area contributed by atoms with Crippen LogP contribution in [0.1, 0.15) is 15.2 Å². The molecule has 3 N–H and O–H groups in total. The third-order valence-electron chi connectivity index (χ3n) is 6.59. The number of rotatable bonds is 5. The molecule has 2 aromatic carbocycles. The van der Waals surface area contributed by atoms with Gasteiger partial charge in [0.25, 0.3) is 5.91 Å². The molecule has 7 rings (SSSR count). The summed E-state index contributed by atoms with van der Waals surface area (Å²) in [5, 5.41) is 10.9. The van der Waals surface area contributed by atoms with Crippen LogP contribution in [0.25, 0.3) is 55.2 Å². The summed E-state index contributed by atoms with van der Waals surface area (Å²) in [6.45, 7) is 2.05. The molecule has 0 radical (unpaired) electrons. The molecule has 10 heteroatoms. The second-order valence-electron chi connectivity index (χ2n) is 9.28. The van der Waals surface area contributed by atoms with Gasteiger partial charge in [-0.1, -0.05) is 18.2 Å². The molecule has 0 unspecified atom stereocenters. The van der Waals surface area contributed by atoms with Gasteiger partial charge in [0.05, 0.1) is 27.8 Å². The third kappa shape index (κ3) is 4.20. The number of carbonyl (C=O) groups is 1. The zero-order valence-electron chi connectivity index (χ0n) is 21.1. The smallest absolute Gasteiger partial charge is 0.255 e. The number of nitrogens with one attached hydrogen (secondary N) is 3. The van der Waals surface area contributed by atoms with E-state index in [4.69, 9.17) is 4.98 Å². The number of hydrogen-bond acceptors (Lipinski definition) is 6. The van der Waals surface area contributed by atoms with Crippen LogP contribution in [0, 0.1) is 12.7 Å². The number of amides is 1. The van der Waals surface area contributed by atoms with Crippen molar-refractivity contribution in [2.45, 2.75) is 6.92 Å². The maximum Gasteiger partial charge on any atom is 0.255 e. The lowest BCUT2D eigenvalue weighted by atomic mass is 10.0. The van der Waals surface area contributed by atoms with Crippen LogP contribution in [0.5, 0.6) is 0 Å². The minimum atomic E-state index is -0.444. The second kappa shape index (κ2) is 9.51. The van der Waals surface area contributed by atoms with Gasteiger partial charge < -0.3 is 10.3 Å². The number of nitrogens with zero attached hydrogens (tertiary/aromatic N) is 4. The van der Waals surface area contributed by atoms with Crippen LogP contribution in [-0.4, -0.2) is 36.0 Å². The first-order valence-electron chi connectivity index (χ1n) is 12.4. The van der Waals surface area contributed by atoms with Crippen molar-refractivity contribution in [2.75, 3.05) is 5.32 Å². The molecule has 7 aromatic rings. The summed E-state index contributed by atoms with van der Waals surface area (Å²) in [4.78, 5) is 31.8. The van der Waals surface area contributed by atoms with Crippen LogP contribution in [-0.2, 0) is 0 Å². The summed E-state index contributed by atoms with van der Waals surface area (Å²) in [5.41, 5.74) is 5.27. The average molecular weight is 546 g/mol. The Morgan fingerprint density at radius 1 is 0.975 bits per heavy atom. The molecule has 194 valence electrons. The molecule has 5 aromatic heterocycles. The second-order valence-corrected chi connectivity index (χ2v) is 10.6. The summed E-state index contributed by atoms with van der Waals surface area (Å²) in [6.07, 6.45) is 4.84. The Kier molecular flexibility index (Phi) is 5.67. The Hall–Kier alpha value is -5.22. The van der Waals surface area contributed by atoms with E-state index in [9.17, 15) is 4.79 Å². The average Bonchev–Trinajstić information content (AvgIpc) is 3.70. The van der Waals surface area contributed by atoms with Crippen molar-refractivity contribution in [1.29, 1.82) is 0 Å². The van der Waals surface area contributed by atoms with E-state index in [0.29, 0.717) is 44.8 Å². The first-order valence-corrected chi connectivity index (χ1v) is 13.3. The van der Waals surface area contributed by atoms with Crippen molar-refractivity contribution in [1.82, 2.24) is 30.1 Å². The molecule has 1 amide bonds. The first kappa shape index (κ1) is 23.9. The number of pyridine rings is 2. The van der Waals surface area contributed by atoms with E-state index in [1.165, 1.54) is 17.1 Å². The normalized spacial score (nSPS) is 11.3. The maximum atomic E-state index is 15.3. The zero-order valence-corrected chi connectivity index (χ0v) is 21.9. The van der Waals surface area contributed by atoms with Crippen molar-refractivity contribution in [3.63, 3.8) is 0 Å². The molecule has 0 fully saturated rings. The number of aromatic amines is 2. The van der Waals surface area contributed by atoms with Crippen LogP contribution >= 0.6 is 11.3 Å². The van der Waals surface area contributed by atoms with Crippen molar-refractivity contribution in [3.05, 3.63) is 102 Å². The van der Waals surface area contributed by atoms with Crippen molar-refractivity contribution in [3.8, 4) is 33.2 Å². The molecule has 0 saturated heterocycles. The monoisotopic (exact) mass is 545 g/mol. The van der Waals surface area contributed by atoms with E-state index in [1.807, 2.05) is 18.2 Å². The van der Waals surface area contributed by atoms with Gasteiger partial charge in [-0.15, -0.1) is 11.3 Å². The predicted octanol–water partition coefficient (Wildman–Crippen LogP) is 6.99. The van der Waals surface area contributed by atoms with E-state index in [0.717, 1.165) is 21.6 Å². The highest BCUT2D eigenvalue weighted by Crippen LogP contribution is 2.35. The summed E-state index contributed by atoms with van der Waals surface area (Å²) in [7, 11) is 0. The van der Waals surface area contributed by atoms with Gasteiger partial charge in [0.15, 0.2) is 5.82 Å². The lowest BCUT2D eigenvalue weighted by Crippen LogP contribution is -2.11. The van der Waals surface area contributed by atoms with Crippen LogP contribution in [0.15, 0.2) is 85.3 Å². The molecular formula is C30H20FN7OS. The van der Waals surface area contributed by atoms with Crippen LogP contribution in [0.3, 0.4) is 0 Å². The summed E-state index contributed by atoms with van der Waals surface area (Å²) in [5.74, 6) is -0.174. The van der Waals surface area contributed by atoms with Crippen LogP contribution in [0.4, 0.5) is 10.1 Å². The molecule has 8 nitrogen and oxygen atoms in total. The molecule has 0 bridgehead atoms. The molecule has 0 atom stereocenters. The predicted molar refractivity (Wildman–Crippen MR) is 155 cm³/mol. The minimum Gasteiger partial charge on any atom is -0.336 e. The Labute approximate surface area is 231 Å². The van der Waals surface area contributed by atoms with Gasteiger partial charge in [0.2, 0.25) is 0 Å². The van der Waals surface area contributed by atoms with E-state index in [1.54, 1.807) is 60.1 Å². The maximum absolute atomic E-state index is 15.3. The molecule has 0 aliphatic heterocycles. The number of thiophene rings is 1. The van der Waals surface area contributed by atoms with Crippen LogP contribution < -0.4 is 5.32 Å². The van der Waals surface area contributed by atoms with Gasteiger partial charge in [0, 0.05) is 45.4 Å². The molecule has 0 spiro atoms. The SMILES string of the molecule is Cc1ccc(-c2nccc3[nH]c(-c4n[nH]c5cc(F)c(-c6cncc(NC(=O)c7ccccc7)c6)cc45)nc23)s1. The highest BCUT2D eigenvalue weighted by Gasteiger charge is 2.19. The van der Waals surface area contributed by atoms with Crippen molar-refractivity contribution < 1.29 is 9.18 Å². The Morgan fingerprint density at radius 3 is 2.67 bits per heavy atom. The number of imidazole rings is 1. The fourth-order valence-corrected chi connectivity index (χ4v) is 5.54. The van der Waals surface area contributed by atoms with Crippen LogP contribution in [0.2, 0.25) is 0 Å². The minimum absolute atomic E-state index is 0.274. The van der Waals surface area contributed by atoms with Gasteiger partial charge in [-0.05, 0) is 49.4 Å².